The zero-order valence-electron chi connectivity index (χ0n) is 18.5. The van der Waals surface area contributed by atoms with E-state index in [9.17, 15) is 9.00 Å². The first-order chi connectivity index (χ1) is 14.9. The minimum Gasteiger partial charge on any atom is -0.381 e. The molecule has 2 aliphatic rings. The van der Waals surface area contributed by atoms with Crippen molar-refractivity contribution >= 4 is 22.6 Å². The third-order valence-corrected chi connectivity index (χ3v) is 6.67. The van der Waals surface area contributed by atoms with Crippen LogP contribution in [0, 0.1) is 12.8 Å². The molecule has 2 aliphatic heterocycles. The van der Waals surface area contributed by atoms with Gasteiger partial charge in [-0.25, -0.2) is 9.22 Å². The van der Waals surface area contributed by atoms with E-state index in [0.717, 1.165) is 72.5 Å². The molecular formula is C24H31N3O3S. The molecule has 2 atom stereocenters. The van der Waals surface area contributed by atoms with Crippen molar-refractivity contribution in [2.75, 3.05) is 37.8 Å². The SMILES string of the molecule is Cc1cc(-c2cccc(NS(C)=O)c2)cc2c1C(=O)N(N(C)CC1CCCOCC1)C2. The number of ether oxygens (including phenoxy) is 1. The van der Waals surface area contributed by atoms with E-state index >= 15 is 0 Å². The summed E-state index contributed by atoms with van der Waals surface area (Å²) >= 11 is 0. The number of nitrogens with one attached hydrogen (secondary N) is 1. The lowest BCUT2D eigenvalue weighted by atomic mass is 9.96. The molecule has 166 valence electrons. The maximum absolute atomic E-state index is 13.2. The fourth-order valence-electron chi connectivity index (χ4n) is 4.65. The van der Waals surface area contributed by atoms with E-state index < -0.39 is 11.0 Å². The molecule has 0 spiro atoms. The van der Waals surface area contributed by atoms with Crippen molar-refractivity contribution in [2.24, 2.45) is 5.92 Å². The molecule has 0 aliphatic carbocycles. The average molecular weight is 442 g/mol. The summed E-state index contributed by atoms with van der Waals surface area (Å²) in [6.07, 6.45) is 4.91. The van der Waals surface area contributed by atoms with E-state index in [2.05, 4.69) is 21.9 Å². The normalized spacial score (nSPS) is 19.9. The van der Waals surface area contributed by atoms with Crippen LogP contribution in [0.1, 0.15) is 40.7 Å². The lowest BCUT2D eigenvalue weighted by molar-refractivity contribution is -0.00247. The monoisotopic (exact) mass is 441 g/mol. The second-order valence-electron chi connectivity index (χ2n) is 8.58. The van der Waals surface area contributed by atoms with Crippen LogP contribution in [-0.2, 0) is 22.3 Å². The summed E-state index contributed by atoms with van der Waals surface area (Å²) in [5.41, 5.74) is 5.81. The number of aryl methyl sites for hydroxylation is 1. The lowest BCUT2D eigenvalue weighted by Gasteiger charge is -2.31. The van der Waals surface area contributed by atoms with Gasteiger partial charge in [0.15, 0.2) is 0 Å². The second-order valence-corrected chi connectivity index (χ2v) is 9.69. The van der Waals surface area contributed by atoms with Gasteiger partial charge in [-0.1, -0.05) is 18.2 Å². The molecule has 1 amide bonds. The summed E-state index contributed by atoms with van der Waals surface area (Å²) in [7, 11) is 0.900. The van der Waals surface area contributed by atoms with E-state index in [1.165, 1.54) is 0 Å². The Bertz CT molecular complexity index is 986. The van der Waals surface area contributed by atoms with Gasteiger partial charge in [-0.3, -0.25) is 9.80 Å². The van der Waals surface area contributed by atoms with Crippen molar-refractivity contribution < 1.29 is 13.7 Å². The highest BCUT2D eigenvalue weighted by Gasteiger charge is 2.33. The smallest absolute Gasteiger partial charge is 0.269 e. The molecule has 2 aromatic carbocycles. The van der Waals surface area contributed by atoms with E-state index in [1.807, 2.05) is 43.2 Å². The lowest BCUT2D eigenvalue weighted by Crippen LogP contribution is -2.42. The van der Waals surface area contributed by atoms with Crippen LogP contribution in [0.5, 0.6) is 0 Å². The Hall–Kier alpha value is -2.22. The Labute approximate surface area is 187 Å². The standard InChI is InChI=1S/C24H31N3O3S/c1-17-12-20(19-7-4-8-22(14-19)25-31(3)29)13-21-16-27(24(28)23(17)21)26(2)15-18-6-5-10-30-11-9-18/h4,7-8,12-14,18,25H,5-6,9-11,15-16H2,1-3H3. The number of amides is 1. The van der Waals surface area contributed by atoms with Gasteiger partial charge in [0.05, 0.1) is 6.54 Å². The average Bonchev–Trinajstić information content (AvgIpc) is 2.88. The van der Waals surface area contributed by atoms with Crippen LogP contribution in [0.4, 0.5) is 5.69 Å². The van der Waals surface area contributed by atoms with Gasteiger partial charge in [-0.15, -0.1) is 0 Å². The van der Waals surface area contributed by atoms with Gasteiger partial charge in [-0.05, 0) is 72.6 Å². The Balaban J connectivity index is 1.54. The molecule has 1 saturated heterocycles. The number of hydrogen-bond donors (Lipinski definition) is 1. The van der Waals surface area contributed by atoms with Gasteiger partial charge in [0.25, 0.3) is 5.91 Å². The second kappa shape index (κ2) is 9.51. The number of nitrogens with zero attached hydrogens (tertiary/aromatic N) is 2. The number of rotatable bonds is 6. The highest BCUT2D eigenvalue weighted by Crippen LogP contribution is 2.33. The Morgan fingerprint density at radius 2 is 2.03 bits per heavy atom. The number of carbonyl (C=O) groups is 1. The zero-order chi connectivity index (χ0) is 22.0. The Morgan fingerprint density at radius 1 is 1.19 bits per heavy atom. The van der Waals surface area contributed by atoms with E-state index in [1.54, 1.807) is 6.26 Å². The van der Waals surface area contributed by atoms with Crippen LogP contribution in [-0.4, -0.2) is 53.2 Å². The number of hydrazine groups is 1. The fraction of sp³-hybridized carbons (Fsp3) is 0.458. The molecule has 2 aromatic rings. The largest absolute Gasteiger partial charge is 0.381 e. The first-order valence-electron chi connectivity index (χ1n) is 10.9. The van der Waals surface area contributed by atoms with Crippen molar-refractivity contribution in [3.63, 3.8) is 0 Å². The Kier molecular flexibility index (Phi) is 6.74. The number of carbonyl (C=O) groups excluding carboxylic acids is 1. The highest BCUT2D eigenvalue weighted by atomic mass is 32.2. The van der Waals surface area contributed by atoms with Crippen LogP contribution in [0.15, 0.2) is 36.4 Å². The number of benzene rings is 2. The molecule has 0 bridgehead atoms. The molecule has 2 unspecified atom stereocenters. The molecule has 6 nitrogen and oxygen atoms in total. The minimum absolute atomic E-state index is 0.0863. The fourth-order valence-corrected chi connectivity index (χ4v) is 5.11. The van der Waals surface area contributed by atoms with Gasteiger partial charge in [0.1, 0.15) is 11.0 Å². The third-order valence-electron chi connectivity index (χ3n) is 6.15. The van der Waals surface area contributed by atoms with Crippen molar-refractivity contribution in [1.82, 2.24) is 10.0 Å². The molecule has 4 rings (SSSR count). The summed E-state index contributed by atoms with van der Waals surface area (Å²) in [6.45, 7) is 5.14. The molecule has 7 heteroatoms. The van der Waals surface area contributed by atoms with Crippen molar-refractivity contribution in [3.8, 4) is 11.1 Å². The maximum atomic E-state index is 13.2. The van der Waals surface area contributed by atoms with Crippen molar-refractivity contribution in [2.45, 2.75) is 32.7 Å². The van der Waals surface area contributed by atoms with Crippen molar-refractivity contribution in [1.29, 1.82) is 0 Å². The molecular weight excluding hydrogens is 410 g/mol. The molecule has 0 saturated carbocycles. The third kappa shape index (κ3) is 5.00. The van der Waals surface area contributed by atoms with Gasteiger partial charge in [0.2, 0.25) is 0 Å². The molecule has 31 heavy (non-hydrogen) atoms. The number of fused-ring (bicyclic) bond motifs is 1. The van der Waals surface area contributed by atoms with Crippen LogP contribution in [0.2, 0.25) is 0 Å². The highest BCUT2D eigenvalue weighted by molar-refractivity contribution is 7.85. The van der Waals surface area contributed by atoms with Crippen LogP contribution in [0.25, 0.3) is 11.1 Å². The van der Waals surface area contributed by atoms with E-state index in [-0.39, 0.29) is 5.91 Å². The van der Waals surface area contributed by atoms with Gasteiger partial charge in [0, 0.05) is 44.3 Å². The van der Waals surface area contributed by atoms with Gasteiger partial charge >= 0.3 is 0 Å². The quantitative estimate of drug-likeness (QED) is 0.736. The number of hydrogen-bond acceptors (Lipinski definition) is 4. The molecule has 0 aromatic heterocycles. The first kappa shape index (κ1) is 22.0. The topological polar surface area (TPSA) is 61.9 Å². The summed E-state index contributed by atoms with van der Waals surface area (Å²) in [5.74, 6) is 0.642. The zero-order valence-corrected chi connectivity index (χ0v) is 19.3. The van der Waals surface area contributed by atoms with Gasteiger partial charge in [-0.2, -0.15) is 0 Å². The molecule has 1 N–H and O–H groups in total. The first-order valence-corrected chi connectivity index (χ1v) is 12.4. The van der Waals surface area contributed by atoms with Crippen molar-refractivity contribution in [3.05, 3.63) is 53.1 Å². The summed E-state index contributed by atoms with van der Waals surface area (Å²) in [5, 5.41) is 3.98. The van der Waals surface area contributed by atoms with Gasteiger partial charge < -0.3 is 9.46 Å². The maximum Gasteiger partial charge on any atom is 0.269 e. The predicted molar refractivity (Wildman–Crippen MR) is 125 cm³/mol. The molecule has 1 fully saturated rings. The Morgan fingerprint density at radius 3 is 2.84 bits per heavy atom. The predicted octanol–water partition coefficient (Wildman–Crippen LogP) is 3.99. The van der Waals surface area contributed by atoms with E-state index in [0.29, 0.717) is 12.5 Å². The molecule has 2 heterocycles. The summed E-state index contributed by atoms with van der Waals surface area (Å²) in [4.78, 5) is 13.2. The minimum atomic E-state index is -1.12. The summed E-state index contributed by atoms with van der Waals surface area (Å²) < 4.78 is 20.0. The number of anilines is 1. The van der Waals surface area contributed by atoms with E-state index in [4.69, 9.17) is 4.74 Å². The van der Waals surface area contributed by atoms with Crippen LogP contribution >= 0.6 is 0 Å². The van der Waals surface area contributed by atoms with Crippen LogP contribution < -0.4 is 4.72 Å². The summed E-state index contributed by atoms with van der Waals surface area (Å²) in [6, 6.07) is 12.1. The van der Waals surface area contributed by atoms with Crippen LogP contribution in [0.3, 0.4) is 0 Å². The molecule has 0 radical (unpaired) electrons.